The number of methoxy groups -OCH3 is 1. The number of fused-ring (bicyclic) bond motifs is 1. The van der Waals surface area contributed by atoms with Gasteiger partial charge in [-0.2, -0.15) is 0 Å². The van der Waals surface area contributed by atoms with Gasteiger partial charge in [-0.1, -0.05) is 44.2 Å². The summed E-state index contributed by atoms with van der Waals surface area (Å²) in [6, 6.07) is 20.4. The Hall–Kier alpha value is -3.18. The fourth-order valence-electron chi connectivity index (χ4n) is 4.72. The van der Waals surface area contributed by atoms with E-state index in [0.717, 1.165) is 42.1 Å². The molecular formula is C29H31F2NO2. The van der Waals surface area contributed by atoms with E-state index in [0.29, 0.717) is 17.9 Å². The fraction of sp³-hybridized carbons (Fsp3) is 0.310. The van der Waals surface area contributed by atoms with Crippen LogP contribution >= 0.6 is 0 Å². The van der Waals surface area contributed by atoms with Crippen LogP contribution in [-0.4, -0.2) is 18.5 Å². The standard InChI is InChI=1S/C29H31F2NO2/c1-20(2)29-26(11-7-10-22-14-23(30)16-24(31)15-22)27-17-25(34-19-33-3)12-13-28(27)32(29)18-21-8-5-4-6-9-21/h4-6,8-9,12-17,20H,7,10-11,18-19H2,1-3H3. The third kappa shape index (κ3) is 5.48. The first-order chi connectivity index (χ1) is 16.5. The molecule has 5 heteroatoms. The predicted octanol–water partition coefficient (Wildman–Crippen LogP) is 7.25. The first-order valence-corrected chi connectivity index (χ1v) is 11.7. The molecular weight excluding hydrogens is 432 g/mol. The van der Waals surface area contributed by atoms with Crippen LogP contribution in [0, 0.1) is 11.6 Å². The highest BCUT2D eigenvalue weighted by Crippen LogP contribution is 2.35. The maximum atomic E-state index is 13.6. The molecule has 0 aliphatic heterocycles. The van der Waals surface area contributed by atoms with Crippen LogP contribution in [0.25, 0.3) is 10.9 Å². The monoisotopic (exact) mass is 463 g/mol. The molecule has 178 valence electrons. The number of aryl methyl sites for hydroxylation is 2. The van der Waals surface area contributed by atoms with E-state index < -0.39 is 11.6 Å². The number of hydrogen-bond donors (Lipinski definition) is 0. The summed E-state index contributed by atoms with van der Waals surface area (Å²) in [6.45, 7) is 5.39. The van der Waals surface area contributed by atoms with Crippen LogP contribution in [0.1, 0.15) is 48.6 Å². The van der Waals surface area contributed by atoms with Crippen molar-refractivity contribution in [3.63, 3.8) is 0 Å². The van der Waals surface area contributed by atoms with E-state index in [1.165, 1.54) is 29.0 Å². The van der Waals surface area contributed by atoms with Crippen LogP contribution in [0.15, 0.2) is 66.7 Å². The molecule has 0 bridgehead atoms. The zero-order valence-corrected chi connectivity index (χ0v) is 20.0. The summed E-state index contributed by atoms with van der Waals surface area (Å²) in [6.07, 6.45) is 2.20. The summed E-state index contributed by atoms with van der Waals surface area (Å²) >= 11 is 0. The second-order valence-electron chi connectivity index (χ2n) is 8.95. The van der Waals surface area contributed by atoms with Crippen molar-refractivity contribution in [3.8, 4) is 5.75 Å². The maximum absolute atomic E-state index is 13.6. The van der Waals surface area contributed by atoms with E-state index in [9.17, 15) is 8.78 Å². The molecule has 0 saturated carbocycles. The number of rotatable bonds is 10. The second-order valence-corrected chi connectivity index (χ2v) is 8.95. The molecule has 0 atom stereocenters. The topological polar surface area (TPSA) is 23.4 Å². The van der Waals surface area contributed by atoms with Crippen LogP contribution in [0.4, 0.5) is 8.78 Å². The van der Waals surface area contributed by atoms with Gasteiger partial charge in [0.05, 0.1) is 0 Å². The van der Waals surface area contributed by atoms with Gasteiger partial charge in [-0.05, 0) is 72.2 Å². The van der Waals surface area contributed by atoms with Crippen molar-refractivity contribution < 1.29 is 18.3 Å². The lowest BCUT2D eigenvalue weighted by atomic mass is 9.97. The summed E-state index contributed by atoms with van der Waals surface area (Å²) in [4.78, 5) is 0. The second kappa shape index (κ2) is 10.8. The summed E-state index contributed by atoms with van der Waals surface area (Å²) in [5.41, 5.74) is 5.63. The van der Waals surface area contributed by atoms with E-state index >= 15 is 0 Å². The smallest absolute Gasteiger partial charge is 0.188 e. The Labute approximate surface area is 199 Å². The Morgan fingerprint density at radius 3 is 2.26 bits per heavy atom. The average Bonchev–Trinajstić information content (AvgIpc) is 3.10. The molecule has 0 saturated heterocycles. The first-order valence-electron chi connectivity index (χ1n) is 11.7. The van der Waals surface area contributed by atoms with Crippen LogP contribution in [-0.2, 0) is 24.1 Å². The number of benzene rings is 3. The normalized spacial score (nSPS) is 11.5. The Morgan fingerprint density at radius 2 is 1.59 bits per heavy atom. The minimum absolute atomic E-state index is 0.188. The van der Waals surface area contributed by atoms with Gasteiger partial charge in [0, 0.05) is 36.3 Å². The van der Waals surface area contributed by atoms with Crippen LogP contribution < -0.4 is 4.74 Å². The highest BCUT2D eigenvalue weighted by atomic mass is 19.1. The number of hydrogen-bond acceptors (Lipinski definition) is 2. The number of aromatic nitrogens is 1. The molecule has 0 unspecified atom stereocenters. The van der Waals surface area contributed by atoms with Crippen molar-refractivity contribution in [2.24, 2.45) is 0 Å². The molecule has 0 fully saturated rings. The Bertz CT molecular complexity index is 1230. The first kappa shape index (κ1) is 24.0. The van der Waals surface area contributed by atoms with Gasteiger partial charge >= 0.3 is 0 Å². The summed E-state index contributed by atoms with van der Waals surface area (Å²) in [5.74, 6) is 0.00516. The minimum atomic E-state index is -0.530. The van der Waals surface area contributed by atoms with Gasteiger partial charge in [0.2, 0.25) is 0 Å². The summed E-state index contributed by atoms with van der Waals surface area (Å²) < 4.78 is 40.5. The van der Waals surface area contributed by atoms with Gasteiger partial charge in [-0.25, -0.2) is 8.78 Å². The van der Waals surface area contributed by atoms with Crippen LogP contribution in [0.3, 0.4) is 0 Å². The molecule has 4 aromatic rings. The van der Waals surface area contributed by atoms with Gasteiger partial charge in [0.25, 0.3) is 0 Å². The highest BCUT2D eigenvalue weighted by molar-refractivity contribution is 5.87. The third-order valence-electron chi connectivity index (χ3n) is 6.07. The van der Waals surface area contributed by atoms with E-state index in [1.54, 1.807) is 7.11 Å². The van der Waals surface area contributed by atoms with Crippen molar-refractivity contribution in [1.82, 2.24) is 4.57 Å². The zero-order valence-electron chi connectivity index (χ0n) is 20.0. The molecule has 3 nitrogen and oxygen atoms in total. The molecule has 0 aliphatic rings. The Balaban J connectivity index is 1.72. The number of ether oxygens (including phenoxy) is 2. The Kier molecular flexibility index (Phi) is 7.63. The average molecular weight is 464 g/mol. The highest BCUT2D eigenvalue weighted by Gasteiger charge is 2.20. The predicted molar refractivity (Wildman–Crippen MR) is 132 cm³/mol. The molecule has 0 radical (unpaired) electrons. The molecule has 34 heavy (non-hydrogen) atoms. The van der Waals surface area contributed by atoms with E-state index in [2.05, 4.69) is 54.8 Å². The summed E-state index contributed by atoms with van der Waals surface area (Å²) in [5, 5.41) is 1.15. The quantitative estimate of drug-likeness (QED) is 0.231. The Morgan fingerprint density at radius 1 is 0.853 bits per heavy atom. The van der Waals surface area contributed by atoms with E-state index in [4.69, 9.17) is 9.47 Å². The van der Waals surface area contributed by atoms with Gasteiger partial charge < -0.3 is 14.0 Å². The van der Waals surface area contributed by atoms with Crippen molar-refractivity contribution in [1.29, 1.82) is 0 Å². The van der Waals surface area contributed by atoms with Crippen LogP contribution in [0.2, 0.25) is 0 Å². The largest absolute Gasteiger partial charge is 0.468 e. The van der Waals surface area contributed by atoms with Crippen LogP contribution in [0.5, 0.6) is 5.75 Å². The molecule has 3 aromatic carbocycles. The van der Waals surface area contributed by atoms with E-state index in [1.807, 2.05) is 12.1 Å². The molecule has 0 aliphatic carbocycles. The SMILES string of the molecule is COCOc1ccc2c(c1)c(CCCc1cc(F)cc(F)c1)c(C(C)C)n2Cc1ccccc1. The van der Waals surface area contributed by atoms with Crippen molar-refractivity contribution in [2.75, 3.05) is 13.9 Å². The third-order valence-corrected chi connectivity index (χ3v) is 6.07. The minimum Gasteiger partial charge on any atom is -0.468 e. The van der Waals surface area contributed by atoms with Gasteiger partial charge in [0.15, 0.2) is 6.79 Å². The van der Waals surface area contributed by atoms with Gasteiger partial charge in [0.1, 0.15) is 17.4 Å². The molecule has 0 amide bonds. The molecule has 1 aromatic heterocycles. The molecule has 0 spiro atoms. The fourth-order valence-corrected chi connectivity index (χ4v) is 4.72. The van der Waals surface area contributed by atoms with Crippen molar-refractivity contribution in [3.05, 3.63) is 101 Å². The number of nitrogens with zero attached hydrogens (tertiary/aromatic N) is 1. The lowest BCUT2D eigenvalue weighted by Gasteiger charge is -2.16. The van der Waals surface area contributed by atoms with Crippen molar-refractivity contribution >= 4 is 10.9 Å². The lowest BCUT2D eigenvalue weighted by molar-refractivity contribution is 0.0512. The van der Waals surface area contributed by atoms with Gasteiger partial charge in [-0.15, -0.1) is 0 Å². The lowest BCUT2D eigenvalue weighted by Crippen LogP contribution is -2.07. The molecule has 0 N–H and O–H groups in total. The van der Waals surface area contributed by atoms with E-state index in [-0.39, 0.29) is 6.79 Å². The zero-order chi connectivity index (χ0) is 24.1. The maximum Gasteiger partial charge on any atom is 0.188 e. The molecule has 4 rings (SSSR count). The number of halogens is 2. The summed E-state index contributed by atoms with van der Waals surface area (Å²) in [7, 11) is 1.60. The van der Waals surface area contributed by atoms with Crippen molar-refractivity contribution in [2.45, 2.75) is 45.6 Å². The molecule has 1 heterocycles. The van der Waals surface area contributed by atoms with Gasteiger partial charge in [-0.3, -0.25) is 0 Å².